The van der Waals surface area contributed by atoms with E-state index in [0.717, 1.165) is 10.5 Å². The lowest BCUT2D eigenvalue weighted by Gasteiger charge is -2.16. The van der Waals surface area contributed by atoms with E-state index in [1.54, 1.807) is 19.9 Å². The number of benzene rings is 1. The van der Waals surface area contributed by atoms with Crippen molar-refractivity contribution in [2.24, 2.45) is 0 Å². The number of hydrogen-bond donors (Lipinski definition) is 2. The van der Waals surface area contributed by atoms with Crippen LogP contribution in [0.2, 0.25) is 0 Å². The Morgan fingerprint density at radius 3 is 2.43 bits per heavy atom. The molecule has 2 rings (SSSR count). The van der Waals surface area contributed by atoms with Crippen molar-refractivity contribution in [1.29, 1.82) is 0 Å². The number of carbonyl (C=O) groups is 2. The number of likely N-dealkylation sites (N-methyl/N-ethyl adjacent to an activating group) is 1. The molecule has 0 aromatic heterocycles. The van der Waals surface area contributed by atoms with Crippen LogP contribution in [-0.2, 0) is 19.6 Å². The van der Waals surface area contributed by atoms with Crippen LogP contribution in [0.4, 0.5) is 5.69 Å². The van der Waals surface area contributed by atoms with Crippen molar-refractivity contribution in [2.45, 2.75) is 31.2 Å². The lowest BCUT2D eigenvalue weighted by atomic mass is 10.1. The van der Waals surface area contributed by atoms with E-state index in [4.69, 9.17) is 5.73 Å². The quantitative estimate of drug-likeness (QED) is 0.599. The normalized spacial score (nSPS) is 19.4. The molecule has 7 nitrogen and oxygen atoms in total. The van der Waals surface area contributed by atoms with Gasteiger partial charge in [-0.25, -0.2) is 8.42 Å². The second-order valence-corrected chi connectivity index (χ2v) is 6.75. The summed E-state index contributed by atoms with van der Waals surface area (Å²) in [7, 11) is -2.66. The molecule has 1 aliphatic heterocycles. The fraction of sp³-hybridized carbons (Fsp3) is 0.385. The first kappa shape index (κ1) is 15.5. The summed E-state index contributed by atoms with van der Waals surface area (Å²) >= 11 is 0. The maximum absolute atomic E-state index is 12.5. The Morgan fingerprint density at radius 2 is 1.90 bits per heavy atom. The summed E-state index contributed by atoms with van der Waals surface area (Å²) in [5.41, 5.74) is 7.16. The summed E-state index contributed by atoms with van der Waals surface area (Å²) in [6.45, 7) is 3.42. The van der Waals surface area contributed by atoms with Gasteiger partial charge >= 0.3 is 0 Å². The molecule has 21 heavy (non-hydrogen) atoms. The SMILES string of the molecule is Cc1ccc(N)c(S(=O)(=O)NC2CC(=O)N(C)C2=O)c1C. The van der Waals surface area contributed by atoms with E-state index < -0.39 is 27.9 Å². The van der Waals surface area contributed by atoms with Gasteiger partial charge in [-0.1, -0.05) is 6.07 Å². The van der Waals surface area contributed by atoms with Gasteiger partial charge in [0.1, 0.15) is 10.9 Å². The van der Waals surface area contributed by atoms with Gasteiger partial charge in [0.2, 0.25) is 21.8 Å². The number of nitrogen functional groups attached to an aromatic ring is 1. The molecule has 1 saturated heterocycles. The Kier molecular flexibility index (Phi) is 3.77. The van der Waals surface area contributed by atoms with Crippen LogP contribution in [0.5, 0.6) is 0 Å². The molecular weight excluding hydrogens is 294 g/mol. The monoisotopic (exact) mass is 311 g/mol. The van der Waals surface area contributed by atoms with E-state index in [1.165, 1.54) is 13.1 Å². The molecule has 0 aliphatic carbocycles. The highest BCUT2D eigenvalue weighted by atomic mass is 32.2. The predicted octanol–water partition coefficient (Wildman–Crippen LogP) is -0.0788. The second-order valence-electron chi connectivity index (χ2n) is 5.09. The third-order valence-corrected chi connectivity index (χ3v) is 5.33. The van der Waals surface area contributed by atoms with Crippen LogP contribution in [0.3, 0.4) is 0 Å². The number of aryl methyl sites for hydroxylation is 1. The molecular formula is C13H17N3O4S. The molecule has 8 heteroatoms. The van der Waals surface area contributed by atoms with Gasteiger partial charge in [0, 0.05) is 7.05 Å². The minimum absolute atomic E-state index is 0.0442. The minimum Gasteiger partial charge on any atom is -0.398 e. The Bertz CT molecular complexity index is 727. The summed E-state index contributed by atoms with van der Waals surface area (Å²) in [6, 6.07) is 2.15. The first-order valence-electron chi connectivity index (χ1n) is 6.33. The Hall–Kier alpha value is -1.93. The standard InChI is InChI=1S/C13H17N3O4S/c1-7-4-5-9(14)12(8(7)2)21(19,20)15-10-6-11(17)16(3)13(10)18/h4-5,10,15H,6,14H2,1-3H3. The smallest absolute Gasteiger partial charge is 0.247 e. The molecule has 0 saturated carbocycles. The topological polar surface area (TPSA) is 110 Å². The lowest BCUT2D eigenvalue weighted by molar-refractivity contribution is -0.137. The molecule has 0 radical (unpaired) electrons. The van der Waals surface area contributed by atoms with Crippen molar-refractivity contribution in [3.8, 4) is 0 Å². The predicted molar refractivity (Wildman–Crippen MR) is 76.8 cm³/mol. The van der Waals surface area contributed by atoms with Crippen molar-refractivity contribution >= 4 is 27.5 Å². The number of anilines is 1. The number of imide groups is 1. The van der Waals surface area contributed by atoms with Crippen LogP contribution < -0.4 is 10.5 Å². The molecule has 0 bridgehead atoms. The summed E-state index contributed by atoms with van der Waals surface area (Å²) in [6.07, 6.45) is -0.181. The molecule has 0 spiro atoms. The van der Waals surface area contributed by atoms with Crippen LogP contribution in [0.1, 0.15) is 17.5 Å². The molecule has 1 atom stereocenters. The zero-order valence-electron chi connectivity index (χ0n) is 12.0. The van der Waals surface area contributed by atoms with Gasteiger partial charge in [0.25, 0.3) is 0 Å². The number of rotatable bonds is 3. The van der Waals surface area contributed by atoms with Gasteiger partial charge in [0.05, 0.1) is 12.1 Å². The molecule has 1 fully saturated rings. The Balaban J connectivity index is 2.39. The zero-order chi connectivity index (χ0) is 15.9. The van der Waals surface area contributed by atoms with Crippen molar-refractivity contribution in [3.05, 3.63) is 23.3 Å². The summed E-state index contributed by atoms with van der Waals surface area (Å²) in [5.74, 6) is -0.978. The Morgan fingerprint density at radius 1 is 1.29 bits per heavy atom. The number of carbonyl (C=O) groups excluding carboxylic acids is 2. The summed E-state index contributed by atoms with van der Waals surface area (Å²) in [5, 5.41) is 0. The van der Waals surface area contributed by atoms with E-state index in [-0.39, 0.29) is 17.0 Å². The minimum atomic E-state index is -3.98. The fourth-order valence-electron chi connectivity index (χ4n) is 2.26. The first-order chi connectivity index (χ1) is 9.65. The highest BCUT2D eigenvalue weighted by Crippen LogP contribution is 2.26. The molecule has 1 aromatic carbocycles. The molecule has 3 N–H and O–H groups in total. The van der Waals surface area contributed by atoms with Crippen molar-refractivity contribution < 1.29 is 18.0 Å². The van der Waals surface area contributed by atoms with E-state index in [2.05, 4.69) is 4.72 Å². The number of sulfonamides is 1. The van der Waals surface area contributed by atoms with E-state index in [1.807, 2.05) is 0 Å². The maximum atomic E-state index is 12.5. The fourth-order valence-corrected chi connectivity index (χ4v) is 3.88. The van der Waals surface area contributed by atoms with Crippen LogP contribution >= 0.6 is 0 Å². The van der Waals surface area contributed by atoms with Crippen LogP contribution in [-0.4, -0.2) is 38.2 Å². The van der Waals surface area contributed by atoms with E-state index in [9.17, 15) is 18.0 Å². The van der Waals surface area contributed by atoms with Gasteiger partial charge in [-0.3, -0.25) is 14.5 Å². The van der Waals surface area contributed by atoms with E-state index >= 15 is 0 Å². The van der Waals surface area contributed by atoms with Gasteiger partial charge in [-0.2, -0.15) is 4.72 Å². The third-order valence-electron chi connectivity index (χ3n) is 3.65. The van der Waals surface area contributed by atoms with Crippen LogP contribution in [0.15, 0.2) is 17.0 Å². The van der Waals surface area contributed by atoms with Gasteiger partial charge < -0.3 is 5.73 Å². The lowest BCUT2D eigenvalue weighted by Crippen LogP contribution is -2.41. The number of nitrogens with zero attached hydrogens (tertiary/aromatic N) is 1. The Labute approximate surface area is 123 Å². The van der Waals surface area contributed by atoms with Crippen LogP contribution in [0.25, 0.3) is 0 Å². The zero-order valence-corrected chi connectivity index (χ0v) is 12.8. The average molecular weight is 311 g/mol. The highest BCUT2D eigenvalue weighted by Gasteiger charge is 2.39. The first-order valence-corrected chi connectivity index (χ1v) is 7.82. The maximum Gasteiger partial charge on any atom is 0.247 e. The molecule has 1 heterocycles. The number of amides is 2. The highest BCUT2D eigenvalue weighted by molar-refractivity contribution is 7.89. The van der Waals surface area contributed by atoms with Gasteiger partial charge in [-0.05, 0) is 31.0 Å². The van der Waals surface area contributed by atoms with Gasteiger partial charge in [-0.15, -0.1) is 0 Å². The summed E-state index contributed by atoms with van der Waals surface area (Å²) < 4.78 is 27.2. The molecule has 1 aliphatic rings. The number of nitrogens with two attached hydrogens (primary N) is 1. The number of hydrogen-bond acceptors (Lipinski definition) is 5. The number of nitrogens with one attached hydrogen (secondary N) is 1. The van der Waals surface area contributed by atoms with Gasteiger partial charge in [0.15, 0.2) is 0 Å². The average Bonchev–Trinajstić information content (AvgIpc) is 2.61. The van der Waals surface area contributed by atoms with Crippen molar-refractivity contribution in [3.63, 3.8) is 0 Å². The largest absolute Gasteiger partial charge is 0.398 e. The third kappa shape index (κ3) is 2.64. The van der Waals surface area contributed by atoms with Crippen LogP contribution in [0, 0.1) is 13.8 Å². The van der Waals surface area contributed by atoms with Crippen molar-refractivity contribution in [1.82, 2.24) is 9.62 Å². The number of likely N-dealkylation sites (tertiary alicyclic amines) is 1. The molecule has 2 amide bonds. The van der Waals surface area contributed by atoms with E-state index in [0.29, 0.717) is 5.56 Å². The van der Waals surface area contributed by atoms with Crippen molar-refractivity contribution in [2.75, 3.05) is 12.8 Å². The molecule has 1 unspecified atom stereocenters. The molecule has 1 aromatic rings. The summed E-state index contributed by atoms with van der Waals surface area (Å²) in [4.78, 5) is 24.1. The second kappa shape index (κ2) is 5.12. The molecule has 114 valence electrons.